The first-order valence-electron chi connectivity index (χ1n) is 12.7. The zero-order valence-electron chi connectivity index (χ0n) is 21.2. The van der Waals surface area contributed by atoms with Crippen molar-refractivity contribution in [1.82, 2.24) is 35.2 Å². The van der Waals surface area contributed by atoms with E-state index in [0.717, 1.165) is 39.6 Å². The second-order valence-corrected chi connectivity index (χ2v) is 10.4. The molecular formula is C27H32N8O. The highest BCUT2D eigenvalue weighted by molar-refractivity contribution is 5.96. The first-order chi connectivity index (χ1) is 17.4. The number of aromatic amines is 2. The third kappa shape index (κ3) is 4.23. The Morgan fingerprint density at radius 2 is 1.72 bits per heavy atom. The van der Waals surface area contributed by atoms with Crippen LogP contribution in [0.3, 0.4) is 0 Å². The van der Waals surface area contributed by atoms with Gasteiger partial charge in [0.15, 0.2) is 5.82 Å². The summed E-state index contributed by atoms with van der Waals surface area (Å²) in [5.41, 5.74) is 6.70. The Morgan fingerprint density at radius 3 is 2.28 bits per heavy atom. The van der Waals surface area contributed by atoms with Crippen molar-refractivity contribution in [1.29, 1.82) is 0 Å². The van der Waals surface area contributed by atoms with Crippen LogP contribution in [0, 0.1) is 38.5 Å². The van der Waals surface area contributed by atoms with E-state index >= 15 is 0 Å². The van der Waals surface area contributed by atoms with Gasteiger partial charge in [0.1, 0.15) is 17.4 Å². The summed E-state index contributed by atoms with van der Waals surface area (Å²) < 4.78 is 1.78. The molecule has 1 amide bonds. The van der Waals surface area contributed by atoms with Crippen LogP contribution in [-0.4, -0.2) is 41.1 Å². The summed E-state index contributed by atoms with van der Waals surface area (Å²) in [5, 5.41) is 22.5. The van der Waals surface area contributed by atoms with Crippen LogP contribution in [-0.2, 0) is 11.8 Å². The number of rotatable bonds is 8. The molecule has 0 spiro atoms. The number of H-pyrrole nitrogens is 2. The van der Waals surface area contributed by atoms with E-state index in [1.807, 2.05) is 58.2 Å². The molecule has 0 radical (unpaired) electrons. The normalized spacial score (nSPS) is 16.5. The number of carbonyl (C=O) groups is 1. The Kier molecular flexibility index (Phi) is 5.50. The molecule has 3 N–H and O–H groups in total. The quantitative estimate of drug-likeness (QED) is 0.336. The molecule has 2 aliphatic rings. The van der Waals surface area contributed by atoms with Crippen LogP contribution in [0.15, 0.2) is 30.3 Å². The van der Waals surface area contributed by atoms with E-state index in [0.29, 0.717) is 23.5 Å². The molecule has 0 bridgehead atoms. The molecule has 36 heavy (non-hydrogen) atoms. The van der Waals surface area contributed by atoms with Crippen molar-refractivity contribution in [2.45, 2.75) is 52.4 Å². The molecule has 6 rings (SSSR count). The van der Waals surface area contributed by atoms with Crippen molar-refractivity contribution in [3.05, 3.63) is 53.2 Å². The summed E-state index contributed by atoms with van der Waals surface area (Å²) in [4.78, 5) is 18.7. The van der Waals surface area contributed by atoms with Crippen molar-refractivity contribution in [3.8, 4) is 22.6 Å². The molecule has 9 nitrogen and oxygen atoms in total. The fourth-order valence-corrected chi connectivity index (χ4v) is 5.64. The van der Waals surface area contributed by atoms with E-state index in [4.69, 9.17) is 4.98 Å². The van der Waals surface area contributed by atoms with Gasteiger partial charge in [-0.1, -0.05) is 12.1 Å². The third-order valence-corrected chi connectivity index (χ3v) is 7.60. The highest BCUT2D eigenvalue weighted by Crippen LogP contribution is 2.54. The number of anilines is 1. The van der Waals surface area contributed by atoms with Crippen LogP contribution in [0.25, 0.3) is 22.6 Å². The predicted molar refractivity (Wildman–Crippen MR) is 137 cm³/mol. The smallest absolute Gasteiger partial charge is 0.235 e. The fraction of sp³-hybridized carbons (Fsp3) is 0.444. The van der Waals surface area contributed by atoms with E-state index in [1.54, 1.807) is 4.68 Å². The Hall–Kier alpha value is -3.75. The number of nitrogens with zero attached hydrogens (tertiary/aromatic N) is 5. The molecule has 4 aromatic rings. The molecule has 3 heterocycles. The minimum atomic E-state index is -0.362. The minimum Gasteiger partial charge on any atom is -0.325 e. The first kappa shape index (κ1) is 22.7. The Bertz CT molecular complexity index is 1370. The minimum absolute atomic E-state index is 0.0221. The Morgan fingerprint density at radius 1 is 1.03 bits per heavy atom. The van der Waals surface area contributed by atoms with Gasteiger partial charge in [-0.3, -0.25) is 19.7 Å². The van der Waals surface area contributed by atoms with Gasteiger partial charge < -0.3 is 5.32 Å². The molecule has 1 unspecified atom stereocenters. The van der Waals surface area contributed by atoms with Crippen LogP contribution in [0.1, 0.15) is 54.5 Å². The van der Waals surface area contributed by atoms with Crippen molar-refractivity contribution >= 4 is 11.6 Å². The van der Waals surface area contributed by atoms with Crippen LogP contribution in [0.2, 0.25) is 0 Å². The van der Waals surface area contributed by atoms with E-state index in [-0.39, 0.29) is 17.7 Å². The largest absolute Gasteiger partial charge is 0.325 e. The van der Waals surface area contributed by atoms with Crippen LogP contribution in [0.4, 0.5) is 5.69 Å². The summed E-state index contributed by atoms with van der Waals surface area (Å²) in [7, 11) is 1.88. The topological polar surface area (TPSA) is 117 Å². The molecule has 2 fully saturated rings. The molecule has 0 saturated heterocycles. The zero-order valence-corrected chi connectivity index (χ0v) is 21.2. The highest BCUT2D eigenvalue weighted by Gasteiger charge is 2.49. The number of carbonyl (C=O) groups excluding carboxylic acids is 1. The lowest BCUT2D eigenvalue weighted by Crippen LogP contribution is -2.31. The van der Waals surface area contributed by atoms with Gasteiger partial charge in [-0.2, -0.15) is 15.3 Å². The maximum Gasteiger partial charge on any atom is 0.235 e. The van der Waals surface area contributed by atoms with Gasteiger partial charge in [0.25, 0.3) is 0 Å². The van der Waals surface area contributed by atoms with Crippen LogP contribution >= 0.6 is 0 Å². The standard InChI is InChI=1S/C27H32N8O/c1-14-13-21(35(4)34-14)25-29-26(33-32-25)24(23(18-5-6-18)19-7-8-19)27(36)28-20-11-9-17(10-12-20)22-15(2)30-31-16(22)3/h9-13,18-19,23-24H,5-8H2,1-4H3,(H,28,36)(H,30,31)(H,29,32,33). The molecule has 3 aromatic heterocycles. The van der Waals surface area contributed by atoms with E-state index in [9.17, 15) is 4.79 Å². The number of benzene rings is 1. The van der Waals surface area contributed by atoms with Gasteiger partial charge in [-0.15, -0.1) is 0 Å². The summed E-state index contributed by atoms with van der Waals surface area (Å²) in [6.07, 6.45) is 4.74. The summed E-state index contributed by atoms with van der Waals surface area (Å²) >= 11 is 0. The third-order valence-electron chi connectivity index (χ3n) is 7.60. The zero-order chi connectivity index (χ0) is 25.0. The maximum atomic E-state index is 13.8. The number of aromatic nitrogens is 7. The molecule has 2 aliphatic carbocycles. The first-order valence-corrected chi connectivity index (χ1v) is 12.7. The highest BCUT2D eigenvalue weighted by atomic mass is 16.2. The summed E-state index contributed by atoms with van der Waals surface area (Å²) in [6, 6.07) is 9.96. The summed E-state index contributed by atoms with van der Waals surface area (Å²) in [5.74, 6) is 2.28. The molecule has 1 atom stereocenters. The lowest BCUT2D eigenvalue weighted by molar-refractivity contribution is -0.119. The number of hydrogen-bond donors (Lipinski definition) is 3. The predicted octanol–water partition coefficient (Wildman–Crippen LogP) is 4.68. The SMILES string of the molecule is Cc1cc(-c2n[nH]c(C(C(=O)Nc3ccc(-c4c(C)n[nH]c4C)cc3)C(C3CC3)C3CC3)n2)n(C)n1. The number of amides is 1. The van der Waals surface area contributed by atoms with E-state index in [1.165, 1.54) is 25.7 Å². The van der Waals surface area contributed by atoms with Gasteiger partial charge >= 0.3 is 0 Å². The molecular weight excluding hydrogens is 452 g/mol. The molecule has 1 aromatic carbocycles. The van der Waals surface area contributed by atoms with Gasteiger partial charge in [0, 0.05) is 24.0 Å². The lowest BCUT2D eigenvalue weighted by atomic mass is 9.82. The second-order valence-electron chi connectivity index (χ2n) is 10.4. The maximum absolute atomic E-state index is 13.8. The summed E-state index contributed by atoms with van der Waals surface area (Å²) in [6.45, 7) is 5.96. The molecule has 9 heteroatoms. The van der Waals surface area contributed by atoms with E-state index < -0.39 is 0 Å². The second kappa shape index (κ2) is 8.72. The number of aryl methyl sites for hydroxylation is 4. The number of hydrogen-bond acceptors (Lipinski definition) is 5. The van der Waals surface area contributed by atoms with Gasteiger partial charge in [-0.05, 0) is 88.0 Å². The fourth-order valence-electron chi connectivity index (χ4n) is 5.64. The van der Waals surface area contributed by atoms with Crippen molar-refractivity contribution in [2.24, 2.45) is 24.8 Å². The van der Waals surface area contributed by atoms with Gasteiger partial charge in [0.05, 0.1) is 11.4 Å². The number of nitrogens with one attached hydrogen (secondary N) is 3. The van der Waals surface area contributed by atoms with Crippen LogP contribution < -0.4 is 5.32 Å². The molecule has 186 valence electrons. The van der Waals surface area contributed by atoms with Gasteiger partial charge in [0.2, 0.25) is 5.91 Å². The van der Waals surface area contributed by atoms with Crippen LogP contribution in [0.5, 0.6) is 0 Å². The lowest BCUT2D eigenvalue weighted by Gasteiger charge is -2.24. The van der Waals surface area contributed by atoms with Crippen molar-refractivity contribution in [2.75, 3.05) is 5.32 Å². The van der Waals surface area contributed by atoms with Gasteiger partial charge in [-0.25, -0.2) is 4.98 Å². The Balaban J connectivity index is 1.29. The monoisotopic (exact) mass is 484 g/mol. The molecule has 2 saturated carbocycles. The average molecular weight is 485 g/mol. The van der Waals surface area contributed by atoms with Crippen molar-refractivity contribution in [3.63, 3.8) is 0 Å². The van der Waals surface area contributed by atoms with E-state index in [2.05, 4.69) is 30.8 Å². The Labute approximate surface area is 210 Å². The average Bonchev–Trinajstić information content (AvgIpc) is 3.76. The molecule has 0 aliphatic heterocycles. The van der Waals surface area contributed by atoms with Crippen molar-refractivity contribution < 1.29 is 4.79 Å².